The van der Waals surface area contributed by atoms with Gasteiger partial charge in [0.1, 0.15) is 46.9 Å². The molecule has 2 heterocycles. The van der Waals surface area contributed by atoms with E-state index in [1.165, 1.54) is 25.3 Å². The number of phenols is 3. The Kier molecular flexibility index (Phi) is 6.25. The van der Waals surface area contributed by atoms with Crippen LogP contribution in [0.4, 0.5) is 0 Å². The Bertz CT molecular complexity index is 1270. The van der Waals surface area contributed by atoms with Gasteiger partial charge in [-0.1, -0.05) is 0 Å². The first-order chi connectivity index (χ1) is 16.2. The zero-order valence-corrected chi connectivity index (χ0v) is 17.7. The molecule has 182 valence electrons. The maximum Gasteiger partial charge on any atom is 0.239 e. The van der Waals surface area contributed by atoms with Crippen LogP contribution >= 0.6 is 0 Å². The van der Waals surface area contributed by atoms with Crippen molar-refractivity contribution in [3.8, 4) is 40.1 Å². The first-order valence-corrected chi connectivity index (χ1v) is 10.0. The van der Waals surface area contributed by atoms with E-state index < -0.39 is 54.2 Å². The first-order valence-electron chi connectivity index (χ1n) is 10.0. The van der Waals surface area contributed by atoms with E-state index in [2.05, 4.69) is 0 Å². The fourth-order valence-electron chi connectivity index (χ4n) is 3.69. The van der Waals surface area contributed by atoms with Crippen molar-refractivity contribution >= 4 is 11.0 Å². The van der Waals surface area contributed by atoms with Crippen LogP contribution in [0.1, 0.15) is 0 Å². The maximum absolute atomic E-state index is 13.3. The number of aliphatic hydroxyl groups is 4. The summed E-state index contributed by atoms with van der Waals surface area (Å²) in [6.45, 7) is -0.769. The summed E-state index contributed by atoms with van der Waals surface area (Å²) < 4.78 is 21.8. The molecular weight excluding hydrogens is 456 g/mol. The van der Waals surface area contributed by atoms with Crippen LogP contribution in [-0.4, -0.2) is 80.2 Å². The molecule has 3 aromatic rings. The van der Waals surface area contributed by atoms with Crippen molar-refractivity contribution in [3.05, 3.63) is 40.6 Å². The summed E-state index contributed by atoms with van der Waals surface area (Å²) in [6.07, 6.45) is -8.00. The highest BCUT2D eigenvalue weighted by Crippen LogP contribution is 2.39. The number of aromatic hydroxyl groups is 3. The third kappa shape index (κ3) is 3.97. The van der Waals surface area contributed by atoms with Crippen LogP contribution in [0, 0.1) is 0 Å². The lowest BCUT2D eigenvalue weighted by Crippen LogP contribution is -2.40. The molecule has 1 aromatic heterocycles. The van der Waals surface area contributed by atoms with E-state index >= 15 is 0 Å². The second kappa shape index (κ2) is 9.00. The molecule has 1 aliphatic heterocycles. The van der Waals surface area contributed by atoms with Gasteiger partial charge in [0.15, 0.2) is 17.3 Å². The van der Waals surface area contributed by atoms with Gasteiger partial charge in [0.2, 0.25) is 17.5 Å². The number of hydrogen-bond donors (Lipinski definition) is 7. The minimum absolute atomic E-state index is 0.0312. The van der Waals surface area contributed by atoms with E-state index in [1.807, 2.05) is 0 Å². The molecular formula is C22H22O12. The molecule has 1 fully saturated rings. The van der Waals surface area contributed by atoms with Crippen LogP contribution in [0.3, 0.4) is 0 Å². The lowest BCUT2D eigenvalue weighted by Gasteiger charge is -2.20. The number of fused-ring (bicyclic) bond motifs is 1. The standard InChI is InChI=1S/C22H22O12/c1-31-13-4-8(2-3-10(13)25)19-21(16(28)15-11(26)5-9(24)6-14(15)32-19)34-22-18(30)17(29)20(33-22)12(27)7-23/h2-6,12,17-18,20,22-27,29-30H,7H2,1H3/t12-,17+,18+,20+,22-/m0/s1. The van der Waals surface area contributed by atoms with Crippen molar-refractivity contribution in [2.45, 2.75) is 30.7 Å². The number of ether oxygens (including phenoxy) is 3. The largest absolute Gasteiger partial charge is 0.508 e. The number of phenolic OH excluding ortho intramolecular Hbond substituents is 3. The van der Waals surface area contributed by atoms with Gasteiger partial charge in [0.05, 0.1) is 13.7 Å². The molecule has 0 aliphatic carbocycles. The summed E-state index contributed by atoms with van der Waals surface area (Å²) in [5.41, 5.74) is -0.929. The SMILES string of the molecule is COc1cc(-c2oc3cc(O)cc(O)c3c(=O)c2O[C@@H]2O[C@H]([C@@H](O)CO)[C@H](O)[C@H]2O)ccc1O. The maximum atomic E-state index is 13.3. The topological polar surface area (TPSA) is 200 Å². The van der Waals surface area contributed by atoms with Crippen LogP contribution in [-0.2, 0) is 4.74 Å². The first kappa shape index (κ1) is 23.6. The van der Waals surface area contributed by atoms with E-state index in [0.29, 0.717) is 0 Å². The highest BCUT2D eigenvalue weighted by Gasteiger charge is 2.48. The van der Waals surface area contributed by atoms with E-state index in [4.69, 9.17) is 23.7 Å². The lowest BCUT2D eigenvalue weighted by atomic mass is 10.1. The van der Waals surface area contributed by atoms with Crippen LogP contribution < -0.4 is 14.9 Å². The fraction of sp³-hybridized carbons (Fsp3) is 0.318. The zero-order valence-electron chi connectivity index (χ0n) is 17.7. The molecule has 0 spiro atoms. The number of rotatable bonds is 6. The minimum Gasteiger partial charge on any atom is -0.508 e. The van der Waals surface area contributed by atoms with Crippen molar-refractivity contribution in [2.75, 3.05) is 13.7 Å². The Balaban J connectivity index is 1.89. The second-order valence-electron chi connectivity index (χ2n) is 7.63. The average molecular weight is 478 g/mol. The molecule has 0 radical (unpaired) electrons. The average Bonchev–Trinajstić information content (AvgIpc) is 3.08. The van der Waals surface area contributed by atoms with Crippen molar-refractivity contribution in [2.24, 2.45) is 0 Å². The summed E-state index contributed by atoms with van der Waals surface area (Å²) >= 11 is 0. The molecule has 5 atom stereocenters. The number of hydrogen-bond acceptors (Lipinski definition) is 12. The molecule has 2 aromatic carbocycles. The Labute approximate surface area is 191 Å². The van der Waals surface area contributed by atoms with Crippen molar-refractivity contribution in [3.63, 3.8) is 0 Å². The molecule has 1 aliphatic rings. The van der Waals surface area contributed by atoms with Gasteiger partial charge in [-0.05, 0) is 18.2 Å². The normalized spacial score (nSPS) is 23.2. The molecule has 0 bridgehead atoms. The van der Waals surface area contributed by atoms with E-state index in [1.54, 1.807) is 0 Å². The summed E-state index contributed by atoms with van der Waals surface area (Å²) in [7, 11) is 1.31. The Morgan fingerprint density at radius 3 is 2.47 bits per heavy atom. The third-order valence-corrected chi connectivity index (χ3v) is 5.42. The molecule has 4 rings (SSSR count). The summed E-state index contributed by atoms with van der Waals surface area (Å²) in [6, 6.07) is 5.98. The predicted molar refractivity (Wildman–Crippen MR) is 114 cm³/mol. The molecule has 12 nitrogen and oxygen atoms in total. The quantitative estimate of drug-likeness (QED) is 0.246. The summed E-state index contributed by atoms with van der Waals surface area (Å²) in [5.74, 6) is -1.94. The monoisotopic (exact) mass is 478 g/mol. The van der Waals surface area contributed by atoms with Gasteiger partial charge in [-0.2, -0.15) is 0 Å². The molecule has 7 N–H and O–H groups in total. The molecule has 12 heteroatoms. The van der Waals surface area contributed by atoms with Crippen molar-refractivity contribution in [1.82, 2.24) is 0 Å². The summed E-state index contributed by atoms with van der Waals surface area (Å²) in [4.78, 5) is 13.3. The van der Waals surface area contributed by atoms with E-state index in [0.717, 1.165) is 12.1 Å². The Morgan fingerprint density at radius 2 is 1.79 bits per heavy atom. The highest BCUT2D eigenvalue weighted by molar-refractivity contribution is 5.88. The van der Waals surface area contributed by atoms with Gasteiger partial charge in [-0.3, -0.25) is 4.79 Å². The van der Waals surface area contributed by atoms with Gasteiger partial charge in [0.25, 0.3) is 0 Å². The van der Waals surface area contributed by atoms with Gasteiger partial charge in [-0.25, -0.2) is 0 Å². The molecule has 0 saturated carbocycles. The molecule has 0 unspecified atom stereocenters. The molecule has 0 amide bonds. The van der Waals surface area contributed by atoms with Crippen molar-refractivity contribution in [1.29, 1.82) is 0 Å². The smallest absolute Gasteiger partial charge is 0.239 e. The summed E-state index contributed by atoms with van der Waals surface area (Å²) in [5, 5.41) is 69.1. The van der Waals surface area contributed by atoms with E-state index in [9.17, 15) is 35.4 Å². The van der Waals surface area contributed by atoms with Crippen LogP contribution in [0.5, 0.6) is 28.7 Å². The minimum atomic E-state index is -1.73. The fourth-order valence-corrected chi connectivity index (χ4v) is 3.69. The van der Waals surface area contributed by atoms with E-state index in [-0.39, 0.29) is 39.5 Å². The van der Waals surface area contributed by atoms with Crippen LogP contribution in [0.15, 0.2) is 39.5 Å². The second-order valence-corrected chi connectivity index (χ2v) is 7.63. The predicted octanol–water partition coefficient (Wildman–Crippen LogP) is -0.236. The number of methoxy groups -OCH3 is 1. The Hall–Kier alpha value is -3.55. The van der Waals surface area contributed by atoms with Crippen LogP contribution in [0.25, 0.3) is 22.3 Å². The number of aliphatic hydroxyl groups excluding tert-OH is 4. The number of benzene rings is 2. The molecule has 34 heavy (non-hydrogen) atoms. The highest BCUT2D eigenvalue weighted by atomic mass is 16.7. The van der Waals surface area contributed by atoms with Crippen LogP contribution in [0.2, 0.25) is 0 Å². The lowest BCUT2D eigenvalue weighted by molar-refractivity contribution is -0.137. The Morgan fingerprint density at radius 1 is 1.06 bits per heavy atom. The molecule has 1 saturated heterocycles. The van der Waals surface area contributed by atoms with Gasteiger partial charge < -0.3 is 54.4 Å². The van der Waals surface area contributed by atoms with Gasteiger partial charge in [0, 0.05) is 17.7 Å². The van der Waals surface area contributed by atoms with Crippen molar-refractivity contribution < 1.29 is 54.4 Å². The third-order valence-electron chi connectivity index (χ3n) is 5.42. The van der Waals surface area contributed by atoms with Gasteiger partial charge in [-0.15, -0.1) is 0 Å². The zero-order chi connectivity index (χ0) is 24.7. The van der Waals surface area contributed by atoms with Gasteiger partial charge >= 0.3 is 0 Å².